The molecule has 2 atom stereocenters. The van der Waals surface area contributed by atoms with Crippen LogP contribution in [-0.4, -0.2) is 11.5 Å². The van der Waals surface area contributed by atoms with E-state index in [1.54, 1.807) is 0 Å². The predicted molar refractivity (Wildman–Crippen MR) is 96.8 cm³/mol. The average Bonchev–Trinajstić information content (AvgIpc) is 2.86. The van der Waals surface area contributed by atoms with Crippen molar-refractivity contribution < 1.29 is 4.79 Å². The molecule has 0 amide bonds. The molecule has 2 unspecified atom stereocenters. The zero-order valence-electron chi connectivity index (χ0n) is 13.0. The Labute approximate surface area is 148 Å². The minimum absolute atomic E-state index is 0.0120. The number of benzene rings is 2. The van der Waals surface area contributed by atoms with Gasteiger partial charge in [0, 0.05) is 32.8 Å². The van der Waals surface area contributed by atoms with Crippen molar-refractivity contribution in [1.82, 2.24) is 0 Å². The predicted octanol–water partition coefficient (Wildman–Crippen LogP) is 4.75. The second-order valence-corrected chi connectivity index (χ2v) is 6.95. The molecule has 0 spiro atoms. The lowest BCUT2D eigenvalue weighted by molar-refractivity contribution is 0.103. The number of nitrogens with zero attached hydrogens (tertiary/aromatic N) is 2. The lowest BCUT2D eigenvalue weighted by atomic mass is 9.76. The summed E-state index contributed by atoms with van der Waals surface area (Å²) in [6, 6.07) is 17.7. The van der Waals surface area contributed by atoms with Crippen LogP contribution in [0.1, 0.15) is 34.3 Å². The summed E-state index contributed by atoms with van der Waals surface area (Å²) < 4.78 is 0.932. The summed E-state index contributed by atoms with van der Waals surface area (Å²) in [7, 11) is 0. The fraction of sp³-hybridized carbons (Fsp3) is 0.150. The summed E-state index contributed by atoms with van der Waals surface area (Å²) in [5.74, 6) is -0.738. The van der Waals surface area contributed by atoms with E-state index in [9.17, 15) is 10.1 Å². The van der Waals surface area contributed by atoms with Gasteiger partial charge in [0.15, 0.2) is 5.78 Å². The molecule has 1 heterocycles. The van der Waals surface area contributed by atoms with E-state index in [1.165, 1.54) is 0 Å². The molecule has 4 heteroatoms. The Morgan fingerprint density at radius 3 is 2.58 bits per heavy atom. The highest BCUT2D eigenvalue weighted by molar-refractivity contribution is 9.10. The van der Waals surface area contributed by atoms with E-state index < -0.39 is 5.92 Å². The van der Waals surface area contributed by atoms with Crippen LogP contribution in [0.4, 0.5) is 0 Å². The number of halogens is 1. The van der Waals surface area contributed by atoms with E-state index in [1.807, 2.05) is 55.5 Å². The first-order chi connectivity index (χ1) is 11.6. The molecule has 0 radical (unpaired) electrons. The minimum atomic E-state index is -0.434. The van der Waals surface area contributed by atoms with Crippen molar-refractivity contribution in [3.05, 3.63) is 75.3 Å². The van der Waals surface area contributed by atoms with Gasteiger partial charge in [-0.2, -0.15) is 5.26 Å². The number of carbonyl (C=O) groups is 1. The number of nitriles is 1. The van der Waals surface area contributed by atoms with Crippen LogP contribution in [0.15, 0.2) is 63.6 Å². The molecule has 0 aromatic heterocycles. The Balaban J connectivity index is 1.98. The Morgan fingerprint density at radius 2 is 1.88 bits per heavy atom. The number of ketones is 1. The molecule has 0 saturated carbocycles. The van der Waals surface area contributed by atoms with Crippen molar-refractivity contribution in [2.75, 3.05) is 0 Å². The highest BCUT2D eigenvalue weighted by Gasteiger charge is 2.42. The molecule has 0 bridgehead atoms. The number of aliphatic imine (C=N–C) groups is 1. The number of allylic oxidation sites excluding steroid dienone is 1. The van der Waals surface area contributed by atoms with Gasteiger partial charge < -0.3 is 0 Å². The molecule has 116 valence electrons. The highest BCUT2D eigenvalue weighted by atomic mass is 79.9. The quantitative estimate of drug-likeness (QED) is 0.720. The standard InChI is InChI=1S/C20H13BrN2O/c1-11-16(10-22)17(12-5-4-6-13(21)9-12)18-19(23-11)14-7-2-3-8-15(14)20(18)24/h2-9,16-17H,1H3. The highest BCUT2D eigenvalue weighted by Crippen LogP contribution is 2.47. The monoisotopic (exact) mass is 376 g/mol. The SMILES string of the molecule is CC1=NC2=C(C(=O)c3ccccc32)C(c2cccc(Br)c2)C1C#N. The van der Waals surface area contributed by atoms with Gasteiger partial charge in [0.25, 0.3) is 0 Å². The summed E-state index contributed by atoms with van der Waals surface area (Å²) in [5.41, 5.74) is 4.63. The van der Waals surface area contributed by atoms with E-state index in [4.69, 9.17) is 0 Å². The molecule has 1 aliphatic heterocycles. The van der Waals surface area contributed by atoms with E-state index in [0.29, 0.717) is 11.1 Å². The van der Waals surface area contributed by atoms with E-state index in [0.717, 1.165) is 27.0 Å². The minimum Gasteiger partial charge on any atom is -0.289 e. The van der Waals surface area contributed by atoms with Crippen LogP contribution < -0.4 is 0 Å². The molecule has 0 N–H and O–H groups in total. The molecule has 2 aromatic rings. The first-order valence-corrected chi connectivity index (χ1v) is 8.49. The molecule has 2 aliphatic rings. The third kappa shape index (κ3) is 2.09. The van der Waals surface area contributed by atoms with Gasteiger partial charge in [-0.1, -0.05) is 52.3 Å². The first kappa shape index (κ1) is 15.0. The Hall–Kier alpha value is -2.51. The van der Waals surface area contributed by atoms with Crippen LogP contribution in [0, 0.1) is 17.2 Å². The van der Waals surface area contributed by atoms with Crippen molar-refractivity contribution in [2.45, 2.75) is 12.8 Å². The van der Waals surface area contributed by atoms with Gasteiger partial charge in [-0.05, 0) is 24.6 Å². The van der Waals surface area contributed by atoms with Crippen molar-refractivity contribution in [1.29, 1.82) is 5.26 Å². The second kappa shape index (κ2) is 5.54. The number of rotatable bonds is 1. The van der Waals surface area contributed by atoms with Crippen molar-refractivity contribution in [3.63, 3.8) is 0 Å². The van der Waals surface area contributed by atoms with Gasteiger partial charge in [0.1, 0.15) is 0 Å². The maximum absolute atomic E-state index is 13.0. The van der Waals surface area contributed by atoms with Gasteiger partial charge in [-0.15, -0.1) is 0 Å². The lowest BCUT2D eigenvalue weighted by Crippen LogP contribution is -2.26. The van der Waals surface area contributed by atoms with E-state index in [2.05, 4.69) is 27.0 Å². The van der Waals surface area contributed by atoms with Crippen LogP contribution >= 0.6 is 15.9 Å². The fourth-order valence-electron chi connectivity index (χ4n) is 3.58. The largest absolute Gasteiger partial charge is 0.289 e. The van der Waals surface area contributed by atoms with Crippen molar-refractivity contribution >= 4 is 33.1 Å². The molecule has 0 fully saturated rings. The Kier molecular flexibility index (Phi) is 3.47. The topological polar surface area (TPSA) is 53.2 Å². The summed E-state index contributed by atoms with van der Waals surface area (Å²) >= 11 is 3.49. The number of Topliss-reactive ketones (excluding diaryl/α,β-unsaturated/α-hetero) is 1. The number of fused-ring (bicyclic) bond motifs is 2. The van der Waals surface area contributed by atoms with Crippen molar-refractivity contribution in [3.8, 4) is 6.07 Å². The van der Waals surface area contributed by atoms with Crippen LogP contribution in [-0.2, 0) is 0 Å². The third-order valence-corrected chi connectivity index (χ3v) is 5.15. The molecule has 4 rings (SSSR count). The van der Waals surface area contributed by atoms with Crippen LogP contribution in [0.5, 0.6) is 0 Å². The molecule has 0 saturated heterocycles. The molecule has 1 aliphatic carbocycles. The van der Waals surface area contributed by atoms with Gasteiger partial charge in [-0.3, -0.25) is 9.79 Å². The summed E-state index contributed by atoms with van der Waals surface area (Å²) in [5, 5.41) is 9.71. The molecular formula is C20H13BrN2O. The zero-order chi connectivity index (χ0) is 16.8. The first-order valence-electron chi connectivity index (χ1n) is 7.70. The van der Waals surface area contributed by atoms with E-state index in [-0.39, 0.29) is 11.7 Å². The fourth-order valence-corrected chi connectivity index (χ4v) is 3.99. The maximum atomic E-state index is 13.0. The third-order valence-electron chi connectivity index (χ3n) is 4.66. The van der Waals surface area contributed by atoms with Gasteiger partial charge in [0.2, 0.25) is 0 Å². The lowest BCUT2D eigenvalue weighted by Gasteiger charge is -2.27. The number of hydrogen-bond acceptors (Lipinski definition) is 3. The van der Waals surface area contributed by atoms with Gasteiger partial charge in [0.05, 0.1) is 17.7 Å². The number of hydrogen-bond donors (Lipinski definition) is 0. The molecular weight excluding hydrogens is 364 g/mol. The summed E-state index contributed by atoms with van der Waals surface area (Å²) in [6.45, 7) is 1.87. The van der Waals surface area contributed by atoms with Gasteiger partial charge >= 0.3 is 0 Å². The van der Waals surface area contributed by atoms with Crippen molar-refractivity contribution in [2.24, 2.45) is 10.9 Å². The summed E-state index contributed by atoms with van der Waals surface area (Å²) in [6.07, 6.45) is 0. The Morgan fingerprint density at radius 1 is 1.12 bits per heavy atom. The Bertz CT molecular complexity index is 981. The number of carbonyl (C=O) groups excluding carboxylic acids is 1. The summed E-state index contributed by atoms with van der Waals surface area (Å²) in [4.78, 5) is 17.6. The zero-order valence-corrected chi connectivity index (χ0v) is 14.5. The average molecular weight is 377 g/mol. The molecule has 24 heavy (non-hydrogen) atoms. The molecule has 2 aromatic carbocycles. The van der Waals surface area contributed by atoms with E-state index >= 15 is 0 Å². The second-order valence-electron chi connectivity index (χ2n) is 6.03. The normalized spacial score (nSPS) is 21.9. The van der Waals surface area contributed by atoms with Crippen LogP contribution in [0.25, 0.3) is 5.70 Å². The van der Waals surface area contributed by atoms with Gasteiger partial charge in [-0.25, -0.2) is 0 Å². The smallest absolute Gasteiger partial charge is 0.192 e. The van der Waals surface area contributed by atoms with Crippen LogP contribution in [0.3, 0.4) is 0 Å². The molecule has 3 nitrogen and oxygen atoms in total. The maximum Gasteiger partial charge on any atom is 0.192 e. The van der Waals surface area contributed by atoms with Crippen LogP contribution in [0.2, 0.25) is 0 Å².